The third-order valence-corrected chi connectivity index (χ3v) is 6.50. The summed E-state index contributed by atoms with van der Waals surface area (Å²) in [6.07, 6.45) is 9.99. The molecule has 1 saturated carbocycles. The minimum atomic E-state index is -0.497. The molecule has 0 heterocycles. The van der Waals surface area contributed by atoms with Gasteiger partial charge in [-0.1, -0.05) is 56.3 Å². The molecule has 5 atom stereocenters. The van der Waals surface area contributed by atoms with Gasteiger partial charge in [-0.05, 0) is 74.7 Å². The Labute approximate surface area is 188 Å². The van der Waals surface area contributed by atoms with Crippen LogP contribution in [0.4, 0.5) is 0 Å². The lowest BCUT2D eigenvalue weighted by atomic mass is 9.85. The second-order valence-corrected chi connectivity index (χ2v) is 9.69. The van der Waals surface area contributed by atoms with Crippen LogP contribution in [0.15, 0.2) is 42.5 Å². The Bertz CT molecular complexity index is 654. The van der Waals surface area contributed by atoms with Gasteiger partial charge in [0.2, 0.25) is 0 Å². The zero-order valence-electron chi connectivity index (χ0n) is 19.3. The summed E-state index contributed by atoms with van der Waals surface area (Å²) in [6, 6.07) is 10.2. The first-order valence-corrected chi connectivity index (χ1v) is 12.1. The Hall–Kier alpha value is -1.49. The maximum Gasteiger partial charge on any atom is 0.133 e. The zero-order valence-corrected chi connectivity index (χ0v) is 19.3. The van der Waals surface area contributed by atoms with Crippen LogP contribution in [0.5, 0.6) is 0 Å². The van der Waals surface area contributed by atoms with Crippen LogP contribution in [-0.4, -0.2) is 39.4 Å². The molecule has 2 rings (SSSR count). The van der Waals surface area contributed by atoms with Crippen molar-refractivity contribution in [3.8, 4) is 0 Å². The van der Waals surface area contributed by atoms with E-state index < -0.39 is 12.2 Å². The summed E-state index contributed by atoms with van der Waals surface area (Å²) in [4.78, 5) is 11.8. The first-order valence-electron chi connectivity index (χ1n) is 12.1. The summed E-state index contributed by atoms with van der Waals surface area (Å²) in [7, 11) is 0. The summed E-state index contributed by atoms with van der Waals surface area (Å²) in [5.41, 5.74) is 1.23. The number of carbonyl (C=O) groups excluding carboxylic acids is 1. The fraction of sp³-hybridized carbons (Fsp3) is 0.667. The van der Waals surface area contributed by atoms with E-state index in [1.165, 1.54) is 5.56 Å². The molecule has 1 aliphatic carbocycles. The Balaban J connectivity index is 1.70. The summed E-state index contributed by atoms with van der Waals surface area (Å²) >= 11 is 0. The number of aryl methyl sites for hydroxylation is 1. The molecule has 0 amide bonds. The second kappa shape index (κ2) is 13.8. The van der Waals surface area contributed by atoms with E-state index in [-0.39, 0.29) is 17.9 Å². The van der Waals surface area contributed by atoms with E-state index in [0.717, 1.165) is 38.5 Å². The predicted octanol–water partition coefficient (Wildman–Crippen LogP) is 4.85. The number of ketones is 1. The van der Waals surface area contributed by atoms with E-state index in [4.69, 9.17) is 0 Å². The van der Waals surface area contributed by atoms with Crippen molar-refractivity contribution < 1.29 is 20.1 Å². The van der Waals surface area contributed by atoms with Crippen molar-refractivity contribution in [2.24, 2.45) is 17.8 Å². The summed E-state index contributed by atoms with van der Waals surface area (Å²) in [6.45, 7) is 4.13. The zero-order chi connectivity index (χ0) is 22.6. The quantitative estimate of drug-likeness (QED) is 0.291. The van der Waals surface area contributed by atoms with Crippen LogP contribution < -0.4 is 0 Å². The van der Waals surface area contributed by atoms with Crippen LogP contribution >= 0.6 is 0 Å². The van der Waals surface area contributed by atoms with Crippen molar-refractivity contribution in [3.63, 3.8) is 0 Å². The molecule has 0 spiro atoms. The molecule has 3 N–H and O–H groups in total. The number of Topliss-reactive ketones (excluding diaryl/α,β-unsaturated/α-hetero) is 1. The molecule has 0 aromatic heterocycles. The normalized spacial score (nSPS) is 24.8. The number of rotatable bonds is 14. The Morgan fingerprint density at radius 2 is 1.77 bits per heavy atom. The van der Waals surface area contributed by atoms with Crippen molar-refractivity contribution >= 4 is 5.78 Å². The van der Waals surface area contributed by atoms with Gasteiger partial charge < -0.3 is 15.3 Å². The maximum absolute atomic E-state index is 11.8. The number of aliphatic hydroxyl groups is 3. The fourth-order valence-electron chi connectivity index (χ4n) is 4.76. The van der Waals surface area contributed by atoms with Gasteiger partial charge in [0.25, 0.3) is 0 Å². The first-order chi connectivity index (χ1) is 14.9. The number of hydrogen-bond acceptors (Lipinski definition) is 4. The van der Waals surface area contributed by atoms with E-state index in [1.54, 1.807) is 0 Å². The standard InChI is InChI=1S/C27H42O4/c1-20(2)18-23(29)12-8-3-4-9-13-24-25(27(31)19-26(24)30)17-16-22(28)15-14-21-10-6-5-7-11-21/h4-7,9-11,20,22,24-28,30-31H,3,8,12-19H2,1-2H3/b9-4-/t22-,24+,25+,26-,27+/m0/s1. The molecule has 1 fully saturated rings. The lowest BCUT2D eigenvalue weighted by Crippen LogP contribution is -2.23. The molecule has 31 heavy (non-hydrogen) atoms. The molecule has 4 nitrogen and oxygen atoms in total. The van der Waals surface area contributed by atoms with Crippen LogP contribution in [-0.2, 0) is 11.2 Å². The Morgan fingerprint density at radius 3 is 2.48 bits per heavy atom. The molecule has 1 aromatic carbocycles. The molecule has 0 saturated heterocycles. The number of aliphatic hydroxyl groups excluding tert-OH is 3. The summed E-state index contributed by atoms with van der Waals surface area (Å²) in [5.74, 6) is 0.824. The molecule has 174 valence electrons. The van der Waals surface area contributed by atoms with Gasteiger partial charge in [0.05, 0.1) is 18.3 Å². The number of benzene rings is 1. The van der Waals surface area contributed by atoms with Gasteiger partial charge in [-0.25, -0.2) is 0 Å². The third-order valence-electron chi connectivity index (χ3n) is 6.50. The van der Waals surface area contributed by atoms with Crippen molar-refractivity contribution in [3.05, 3.63) is 48.0 Å². The van der Waals surface area contributed by atoms with Crippen LogP contribution in [0.1, 0.15) is 77.2 Å². The van der Waals surface area contributed by atoms with E-state index >= 15 is 0 Å². The largest absolute Gasteiger partial charge is 0.393 e. The first kappa shape index (κ1) is 25.8. The highest BCUT2D eigenvalue weighted by Gasteiger charge is 2.40. The lowest BCUT2D eigenvalue weighted by Gasteiger charge is -2.23. The minimum absolute atomic E-state index is 0.0265. The van der Waals surface area contributed by atoms with Gasteiger partial charge in [0.1, 0.15) is 5.78 Å². The molecule has 0 bridgehead atoms. The Kier molecular flexibility index (Phi) is 11.5. The summed E-state index contributed by atoms with van der Waals surface area (Å²) in [5, 5.41) is 31.2. The van der Waals surface area contributed by atoms with E-state index in [9.17, 15) is 20.1 Å². The minimum Gasteiger partial charge on any atom is -0.393 e. The van der Waals surface area contributed by atoms with E-state index in [0.29, 0.717) is 37.4 Å². The fourth-order valence-corrected chi connectivity index (χ4v) is 4.76. The molecule has 0 radical (unpaired) electrons. The van der Waals surface area contributed by atoms with Gasteiger partial charge in [-0.3, -0.25) is 4.79 Å². The predicted molar refractivity (Wildman–Crippen MR) is 126 cm³/mol. The van der Waals surface area contributed by atoms with Gasteiger partial charge in [0.15, 0.2) is 0 Å². The van der Waals surface area contributed by atoms with Gasteiger partial charge >= 0.3 is 0 Å². The molecular formula is C27H42O4. The average molecular weight is 431 g/mol. The van der Waals surface area contributed by atoms with Crippen LogP contribution in [0.3, 0.4) is 0 Å². The van der Waals surface area contributed by atoms with Crippen molar-refractivity contribution in [1.82, 2.24) is 0 Å². The van der Waals surface area contributed by atoms with Crippen LogP contribution in [0, 0.1) is 17.8 Å². The van der Waals surface area contributed by atoms with E-state index in [1.807, 2.05) is 18.2 Å². The SMILES string of the molecule is CC(C)CC(=O)CCC/C=C\C[C@@H]1[C@@H](CC[C@@H](O)CCc2ccccc2)[C@H](O)C[C@@H]1O. The highest BCUT2D eigenvalue weighted by atomic mass is 16.3. The van der Waals surface area contributed by atoms with E-state index in [2.05, 4.69) is 38.1 Å². The monoisotopic (exact) mass is 430 g/mol. The van der Waals surface area contributed by atoms with Crippen LogP contribution in [0.2, 0.25) is 0 Å². The highest BCUT2D eigenvalue weighted by molar-refractivity contribution is 5.78. The smallest absolute Gasteiger partial charge is 0.133 e. The van der Waals surface area contributed by atoms with Gasteiger partial charge in [-0.15, -0.1) is 0 Å². The molecule has 4 heteroatoms. The number of allylic oxidation sites excluding steroid dienone is 2. The lowest BCUT2D eigenvalue weighted by molar-refractivity contribution is -0.119. The third kappa shape index (κ3) is 9.67. The van der Waals surface area contributed by atoms with Crippen LogP contribution in [0.25, 0.3) is 0 Å². The average Bonchev–Trinajstić information content (AvgIpc) is 3.00. The molecule has 1 aromatic rings. The molecular weight excluding hydrogens is 388 g/mol. The topological polar surface area (TPSA) is 77.8 Å². The van der Waals surface area contributed by atoms with Crippen molar-refractivity contribution in [1.29, 1.82) is 0 Å². The second-order valence-electron chi connectivity index (χ2n) is 9.69. The number of unbranched alkanes of at least 4 members (excludes halogenated alkanes) is 1. The molecule has 1 aliphatic rings. The number of hydrogen-bond donors (Lipinski definition) is 3. The Morgan fingerprint density at radius 1 is 1.06 bits per heavy atom. The van der Waals surface area contributed by atoms with Gasteiger partial charge in [-0.2, -0.15) is 0 Å². The molecule has 0 unspecified atom stereocenters. The molecule has 0 aliphatic heterocycles. The number of carbonyl (C=O) groups is 1. The highest BCUT2D eigenvalue weighted by Crippen LogP contribution is 2.38. The van der Waals surface area contributed by atoms with Crippen molar-refractivity contribution in [2.45, 2.75) is 96.4 Å². The maximum atomic E-state index is 11.8. The van der Waals surface area contributed by atoms with Gasteiger partial charge in [0, 0.05) is 12.8 Å². The summed E-state index contributed by atoms with van der Waals surface area (Å²) < 4.78 is 0. The van der Waals surface area contributed by atoms with Crippen molar-refractivity contribution in [2.75, 3.05) is 0 Å².